The van der Waals surface area contributed by atoms with Crippen LogP contribution < -0.4 is 0 Å². The first-order chi connectivity index (χ1) is 7.93. The molecule has 1 nitrogen and oxygen atoms in total. The Hall–Kier alpha value is -1.29. The van der Waals surface area contributed by atoms with E-state index in [1.165, 1.54) is 5.56 Å². The fourth-order valence-electron chi connectivity index (χ4n) is 6.56. The number of hydrogen-bond donors (Lipinski definition) is 0. The van der Waals surface area contributed by atoms with Gasteiger partial charge in [0.25, 0.3) is 0 Å². The van der Waals surface area contributed by atoms with E-state index in [4.69, 9.17) is 0 Å². The lowest BCUT2D eigenvalue weighted by Gasteiger charge is -2.93. The minimum atomic E-state index is 0.806. The van der Waals surface area contributed by atoms with Gasteiger partial charge in [0.2, 0.25) is 0 Å². The molecule has 16 heavy (non-hydrogen) atoms. The van der Waals surface area contributed by atoms with E-state index >= 15 is 0 Å². The Bertz CT molecular complexity index is 590. The van der Waals surface area contributed by atoms with E-state index in [2.05, 4.69) is 18.2 Å². The van der Waals surface area contributed by atoms with Gasteiger partial charge in [-0.3, -0.25) is 0 Å². The van der Waals surface area contributed by atoms with Crippen LogP contribution in [0.15, 0.2) is 18.2 Å². The Labute approximate surface area is 94.1 Å². The van der Waals surface area contributed by atoms with E-state index in [1.54, 1.807) is 5.56 Å². The second-order valence-corrected chi connectivity index (χ2v) is 6.44. The molecular formula is C15H11N. The van der Waals surface area contributed by atoms with Gasteiger partial charge in [-0.25, -0.2) is 0 Å². The first-order valence-corrected chi connectivity index (χ1v) is 6.46. The van der Waals surface area contributed by atoms with Crippen molar-refractivity contribution in [2.24, 2.45) is 35.5 Å². The number of nitriles is 1. The predicted molar refractivity (Wildman–Crippen MR) is 57.6 cm³/mol. The summed E-state index contributed by atoms with van der Waals surface area (Å²) in [5.74, 6) is 8.03. The Morgan fingerprint density at radius 3 is 2.25 bits per heavy atom. The molecular weight excluding hydrogens is 194 g/mol. The molecule has 0 aromatic heterocycles. The largest absolute Gasteiger partial charge is 0.192 e. The van der Waals surface area contributed by atoms with Gasteiger partial charge in [-0.2, -0.15) is 5.26 Å². The average Bonchev–Trinajstić information content (AvgIpc) is 2.29. The Morgan fingerprint density at radius 2 is 1.56 bits per heavy atom. The minimum Gasteiger partial charge on any atom is -0.192 e. The molecule has 4 saturated carbocycles. The first-order valence-electron chi connectivity index (χ1n) is 6.46. The van der Waals surface area contributed by atoms with E-state index < -0.39 is 0 Å². The lowest BCUT2D eigenvalue weighted by molar-refractivity contribution is -0.407. The zero-order valence-electron chi connectivity index (χ0n) is 8.80. The van der Waals surface area contributed by atoms with Crippen molar-refractivity contribution < 1.29 is 0 Å². The zero-order valence-corrected chi connectivity index (χ0v) is 8.80. The summed E-state index contributed by atoms with van der Waals surface area (Å²) in [6.45, 7) is 0. The maximum Gasteiger partial charge on any atom is 0.0994 e. The third-order valence-electron chi connectivity index (χ3n) is 6.72. The van der Waals surface area contributed by atoms with Crippen LogP contribution in [0.1, 0.15) is 28.5 Å². The van der Waals surface area contributed by atoms with Crippen LogP contribution in [-0.4, -0.2) is 0 Å². The highest BCUT2D eigenvalue weighted by Gasteiger charge is 2.88. The van der Waals surface area contributed by atoms with Gasteiger partial charge in [-0.1, -0.05) is 12.1 Å². The molecule has 0 heterocycles. The molecule has 0 radical (unpaired) electrons. The molecule has 1 aromatic rings. The van der Waals surface area contributed by atoms with E-state index in [1.807, 2.05) is 6.07 Å². The van der Waals surface area contributed by atoms with Crippen LogP contribution in [-0.2, 0) is 0 Å². The van der Waals surface area contributed by atoms with Crippen molar-refractivity contribution in [2.75, 3.05) is 0 Å². The van der Waals surface area contributed by atoms with Crippen molar-refractivity contribution in [1.29, 1.82) is 5.26 Å². The molecule has 0 spiro atoms. The maximum absolute atomic E-state index is 9.26. The molecule has 7 rings (SSSR count). The van der Waals surface area contributed by atoms with Crippen LogP contribution in [0.25, 0.3) is 0 Å². The van der Waals surface area contributed by atoms with Gasteiger partial charge in [0.05, 0.1) is 11.6 Å². The quantitative estimate of drug-likeness (QED) is 0.638. The predicted octanol–water partition coefficient (Wildman–Crippen LogP) is 2.49. The Morgan fingerprint density at radius 1 is 0.875 bits per heavy atom. The molecule has 8 atom stereocenters. The molecule has 1 heteroatoms. The van der Waals surface area contributed by atoms with E-state index in [0.29, 0.717) is 0 Å². The fourth-order valence-corrected chi connectivity index (χ4v) is 6.56. The summed E-state index contributed by atoms with van der Waals surface area (Å²) >= 11 is 0. The van der Waals surface area contributed by atoms with Crippen LogP contribution in [0.2, 0.25) is 0 Å². The number of rotatable bonds is 0. The number of nitrogens with zero attached hydrogens (tertiary/aromatic N) is 1. The lowest BCUT2D eigenvalue weighted by atomic mass is 9.11. The average molecular weight is 205 g/mol. The van der Waals surface area contributed by atoms with Crippen molar-refractivity contribution in [1.82, 2.24) is 0 Å². The van der Waals surface area contributed by atoms with Crippen molar-refractivity contribution in [2.45, 2.75) is 11.8 Å². The Kier molecular flexibility index (Phi) is 0.773. The highest BCUT2D eigenvalue weighted by Crippen LogP contribution is 2.94. The molecule has 4 fully saturated rings. The summed E-state index contributed by atoms with van der Waals surface area (Å²) in [5.41, 5.74) is 4.03. The van der Waals surface area contributed by atoms with E-state index in [9.17, 15) is 5.26 Å². The highest BCUT2D eigenvalue weighted by atomic mass is 14.9. The van der Waals surface area contributed by atoms with Crippen LogP contribution in [0, 0.1) is 46.8 Å². The summed E-state index contributed by atoms with van der Waals surface area (Å²) < 4.78 is 0. The third-order valence-corrected chi connectivity index (χ3v) is 6.72. The number of hydrogen-bond acceptors (Lipinski definition) is 1. The zero-order chi connectivity index (χ0) is 10.2. The molecule has 76 valence electrons. The lowest BCUT2D eigenvalue weighted by Crippen LogP contribution is -2.87. The second-order valence-electron chi connectivity index (χ2n) is 6.44. The van der Waals surface area contributed by atoms with Gasteiger partial charge in [-0.05, 0) is 64.5 Å². The molecule has 0 amide bonds. The molecule has 6 aliphatic carbocycles. The molecule has 6 aliphatic rings. The second kappa shape index (κ2) is 1.74. The van der Waals surface area contributed by atoms with Crippen LogP contribution in [0.5, 0.6) is 0 Å². The smallest absolute Gasteiger partial charge is 0.0994 e. The van der Waals surface area contributed by atoms with Crippen molar-refractivity contribution in [3.05, 3.63) is 34.9 Å². The normalized spacial score (nSPS) is 59.2. The van der Waals surface area contributed by atoms with Crippen LogP contribution in [0.4, 0.5) is 0 Å². The minimum absolute atomic E-state index is 0.806. The SMILES string of the molecule is N#Cc1cccc2c1C1[C@@H]3C4C5[C@@H]3C2[C@@H]5[C@@H]14. The maximum atomic E-state index is 9.26. The van der Waals surface area contributed by atoms with E-state index in [-0.39, 0.29) is 0 Å². The number of benzene rings is 1. The molecule has 0 aliphatic heterocycles. The molecule has 0 N–H and O–H groups in total. The molecule has 1 aromatic carbocycles. The standard InChI is InChI=1S/C15H11N/c16-4-5-2-1-3-6-7(5)9-12-10-8(6)11-13(9)15(12)14(10)11/h1-3,8-15H/t8?,9?,10-,11-,12-,13+,14?,15?/m1/s1. The van der Waals surface area contributed by atoms with Crippen molar-refractivity contribution in [3.8, 4) is 6.07 Å². The molecule has 2 bridgehead atoms. The van der Waals surface area contributed by atoms with Crippen molar-refractivity contribution in [3.63, 3.8) is 0 Å². The van der Waals surface area contributed by atoms with Crippen LogP contribution in [0.3, 0.4) is 0 Å². The van der Waals surface area contributed by atoms with Gasteiger partial charge in [0.1, 0.15) is 0 Å². The summed E-state index contributed by atoms with van der Waals surface area (Å²) in [6.07, 6.45) is 0. The van der Waals surface area contributed by atoms with E-state index in [0.717, 1.165) is 52.9 Å². The fraction of sp³-hybridized carbons (Fsp3) is 0.533. The first kappa shape index (κ1) is 7.12. The summed E-state index contributed by atoms with van der Waals surface area (Å²) in [6, 6.07) is 8.85. The summed E-state index contributed by atoms with van der Waals surface area (Å²) in [5, 5.41) is 9.26. The van der Waals surface area contributed by atoms with Gasteiger partial charge < -0.3 is 0 Å². The summed E-state index contributed by atoms with van der Waals surface area (Å²) in [7, 11) is 0. The van der Waals surface area contributed by atoms with Crippen LogP contribution >= 0.6 is 0 Å². The monoisotopic (exact) mass is 205 g/mol. The third kappa shape index (κ3) is 0.392. The van der Waals surface area contributed by atoms with Gasteiger partial charge >= 0.3 is 0 Å². The van der Waals surface area contributed by atoms with Crippen molar-refractivity contribution >= 4 is 0 Å². The molecule has 4 unspecified atom stereocenters. The molecule has 0 saturated heterocycles. The highest BCUT2D eigenvalue weighted by molar-refractivity contribution is 5.60. The van der Waals surface area contributed by atoms with Gasteiger partial charge in [0.15, 0.2) is 0 Å². The Balaban J connectivity index is 1.72. The van der Waals surface area contributed by atoms with Gasteiger partial charge in [0, 0.05) is 0 Å². The van der Waals surface area contributed by atoms with Gasteiger partial charge in [-0.15, -0.1) is 0 Å². The summed E-state index contributed by atoms with van der Waals surface area (Å²) in [4.78, 5) is 0. The topological polar surface area (TPSA) is 23.8 Å².